The van der Waals surface area contributed by atoms with Crippen molar-refractivity contribution in [2.45, 2.75) is 44.9 Å². The molecule has 0 fully saturated rings. The van der Waals surface area contributed by atoms with Crippen LogP contribution in [-0.2, 0) is 24.8 Å². The van der Waals surface area contributed by atoms with Crippen molar-refractivity contribution < 1.29 is 4.55 Å². The number of fused-ring (bicyclic) bond motifs is 1. The molecule has 0 saturated heterocycles. The molecule has 0 aliphatic rings. The quantitative estimate of drug-likeness (QED) is 0.409. The molecule has 0 amide bonds. The Labute approximate surface area is 193 Å². The molecule has 0 aliphatic heterocycles. The standard InChI is InChI=1S/C26H30N4OS/c1-18-11-10-12-19(27-18)17-23(29-32(31)26(2,3)4)20-13-6-7-14-21(20)25-22-15-8-9-16-24(22)30(5)28-25/h6-16,23,29H,17H2,1-5H3/t23-,32?/m0/s1. The molecule has 5 nitrogen and oxygen atoms in total. The molecule has 0 radical (unpaired) electrons. The maximum atomic E-state index is 13.1. The largest absolute Gasteiger partial charge is 0.598 e. The molecule has 2 atom stereocenters. The predicted octanol–water partition coefficient (Wildman–Crippen LogP) is 5.28. The van der Waals surface area contributed by atoms with Gasteiger partial charge in [-0.25, -0.2) is 0 Å². The van der Waals surface area contributed by atoms with Crippen molar-refractivity contribution in [2.75, 3.05) is 0 Å². The summed E-state index contributed by atoms with van der Waals surface area (Å²) in [6.07, 6.45) is 0.630. The highest BCUT2D eigenvalue weighted by molar-refractivity contribution is 7.90. The van der Waals surface area contributed by atoms with Crippen LogP contribution in [0, 0.1) is 6.92 Å². The zero-order chi connectivity index (χ0) is 22.9. The van der Waals surface area contributed by atoms with E-state index in [1.807, 2.05) is 81.9 Å². The average molecular weight is 447 g/mol. The lowest BCUT2D eigenvalue weighted by Gasteiger charge is -2.29. The van der Waals surface area contributed by atoms with Crippen molar-refractivity contribution in [1.82, 2.24) is 19.5 Å². The molecule has 1 unspecified atom stereocenters. The van der Waals surface area contributed by atoms with Crippen molar-refractivity contribution in [3.05, 3.63) is 83.7 Å². The molecule has 32 heavy (non-hydrogen) atoms. The summed E-state index contributed by atoms with van der Waals surface area (Å²) in [7, 11) is 1.97. The third-order valence-corrected chi connectivity index (χ3v) is 7.12. The Morgan fingerprint density at radius 3 is 2.47 bits per heavy atom. The minimum atomic E-state index is -1.24. The Hall–Kier alpha value is -2.67. The van der Waals surface area contributed by atoms with Gasteiger partial charge < -0.3 is 4.55 Å². The van der Waals surface area contributed by atoms with Gasteiger partial charge >= 0.3 is 0 Å². The third kappa shape index (κ3) is 4.72. The molecule has 2 aromatic heterocycles. The summed E-state index contributed by atoms with van der Waals surface area (Å²) in [5.74, 6) is 0. The maximum Gasteiger partial charge on any atom is 0.136 e. The number of hydrogen-bond acceptors (Lipinski definition) is 4. The van der Waals surface area contributed by atoms with Crippen LogP contribution >= 0.6 is 0 Å². The Balaban J connectivity index is 1.82. The van der Waals surface area contributed by atoms with E-state index in [9.17, 15) is 4.55 Å². The topological polar surface area (TPSA) is 65.8 Å². The van der Waals surface area contributed by atoms with E-state index in [1.165, 1.54) is 0 Å². The van der Waals surface area contributed by atoms with Crippen molar-refractivity contribution in [2.24, 2.45) is 7.05 Å². The van der Waals surface area contributed by atoms with Crippen LogP contribution in [0.15, 0.2) is 66.7 Å². The van der Waals surface area contributed by atoms with E-state index in [0.717, 1.165) is 39.1 Å². The second-order valence-corrected chi connectivity index (χ2v) is 11.1. The predicted molar refractivity (Wildman–Crippen MR) is 133 cm³/mol. The first-order valence-corrected chi connectivity index (χ1v) is 12.0. The second kappa shape index (κ2) is 9.06. The first kappa shape index (κ1) is 22.5. The van der Waals surface area contributed by atoms with Gasteiger partial charge in [0.05, 0.1) is 11.6 Å². The van der Waals surface area contributed by atoms with E-state index in [-0.39, 0.29) is 10.8 Å². The van der Waals surface area contributed by atoms with Crippen molar-refractivity contribution >= 4 is 22.3 Å². The molecule has 0 aliphatic carbocycles. The number of hydrogen-bond donors (Lipinski definition) is 1. The molecule has 2 aromatic carbocycles. The maximum absolute atomic E-state index is 13.1. The number of aryl methyl sites for hydroxylation is 2. The van der Waals surface area contributed by atoms with Crippen LogP contribution in [0.3, 0.4) is 0 Å². The van der Waals surface area contributed by atoms with Crippen molar-refractivity contribution in [1.29, 1.82) is 0 Å². The number of para-hydroxylation sites is 1. The number of pyridine rings is 1. The van der Waals surface area contributed by atoms with Crippen LogP contribution in [0.1, 0.15) is 43.8 Å². The Kier molecular flexibility index (Phi) is 6.38. The SMILES string of the molecule is Cc1cccc(C[C@H](N[S+]([O-])C(C)(C)C)c2ccccc2-c2nn(C)c3ccccc23)n1. The fourth-order valence-electron chi connectivity index (χ4n) is 3.87. The van der Waals surface area contributed by atoms with E-state index >= 15 is 0 Å². The van der Waals surface area contributed by atoms with E-state index in [4.69, 9.17) is 10.1 Å². The van der Waals surface area contributed by atoms with Gasteiger partial charge in [0.25, 0.3) is 0 Å². The van der Waals surface area contributed by atoms with Gasteiger partial charge in [-0.15, -0.1) is 4.72 Å². The van der Waals surface area contributed by atoms with Gasteiger partial charge in [0, 0.05) is 47.2 Å². The highest BCUT2D eigenvalue weighted by atomic mass is 32.2. The van der Waals surface area contributed by atoms with Crippen LogP contribution < -0.4 is 4.72 Å². The molecule has 6 heteroatoms. The molecule has 4 aromatic rings. The van der Waals surface area contributed by atoms with Gasteiger partial charge in [0.15, 0.2) is 0 Å². The fraction of sp³-hybridized carbons (Fsp3) is 0.308. The van der Waals surface area contributed by atoms with Gasteiger partial charge in [-0.3, -0.25) is 9.67 Å². The summed E-state index contributed by atoms with van der Waals surface area (Å²) in [6, 6.07) is 22.4. The van der Waals surface area contributed by atoms with Crippen LogP contribution in [0.4, 0.5) is 0 Å². The van der Waals surface area contributed by atoms with Gasteiger partial charge in [0.1, 0.15) is 10.4 Å². The molecule has 4 rings (SSSR count). The number of aromatic nitrogens is 3. The van der Waals surface area contributed by atoms with E-state index in [0.29, 0.717) is 6.42 Å². The van der Waals surface area contributed by atoms with Gasteiger partial charge in [-0.2, -0.15) is 5.10 Å². The summed E-state index contributed by atoms with van der Waals surface area (Å²) in [4.78, 5) is 4.71. The van der Waals surface area contributed by atoms with Crippen molar-refractivity contribution in [3.63, 3.8) is 0 Å². The van der Waals surface area contributed by atoms with Crippen LogP contribution in [0.2, 0.25) is 0 Å². The van der Waals surface area contributed by atoms with Gasteiger partial charge in [-0.05, 0) is 51.5 Å². The van der Waals surface area contributed by atoms with E-state index in [2.05, 4.69) is 29.0 Å². The second-order valence-electron chi connectivity index (χ2n) is 9.10. The monoisotopic (exact) mass is 446 g/mol. The molecular weight excluding hydrogens is 416 g/mol. The Morgan fingerprint density at radius 2 is 1.72 bits per heavy atom. The molecule has 0 bridgehead atoms. The number of benzene rings is 2. The van der Waals surface area contributed by atoms with Crippen molar-refractivity contribution in [3.8, 4) is 11.3 Å². The summed E-state index contributed by atoms with van der Waals surface area (Å²) in [6.45, 7) is 7.94. The first-order chi connectivity index (χ1) is 15.2. The van der Waals surface area contributed by atoms with Crippen LogP contribution in [0.25, 0.3) is 22.2 Å². The molecule has 0 saturated carbocycles. The highest BCUT2D eigenvalue weighted by Crippen LogP contribution is 2.34. The molecule has 1 N–H and O–H groups in total. The number of nitrogens with one attached hydrogen (secondary N) is 1. The number of rotatable bonds is 6. The lowest BCUT2D eigenvalue weighted by molar-refractivity contribution is 0.521. The summed E-state index contributed by atoms with van der Waals surface area (Å²) >= 11 is -1.24. The average Bonchev–Trinajstić information content (AvgIpc) is 3.09. The highest BCUT2D eigenvalue weighted by Gasteiger charge is 2.31. The number of nitrogens with zero attached hydrogens (tertiary/aromatic N) is 3. The summed E-state index contributed by atoms with van der Waals surface area (Å²) < 4.78 is 18.1. The molecule has 2 heterocycles. The fourth-order valence-corrected chi connectivity index (χ4v) is 4.69. The first-order valence-electron chi connectivity index (χ1n) is 10.9. The smallest absolute Gasteiger partial charge is 0.136 e. The minimum absolute atomic E-state index is 0.179. The third-order valence-electron chi connectivity index (χ3n) is 5.51. The zero-order valence-electron chi connectivity index (χ0n) is 19.3. The van der Waals surface area contributed by atoms with Gasteiger partial charge in [0.2, 0.25) is 0 Å². The zero-order valence-corrected chi connectivity index (χ0v) is 20.1. The summed E-state index contributed by atoms with van der Waals surface area (Å²) in [5, 5.41) is 5.95. The van der Waals surface area contributed by atoms with Crippen LogP contribution in [0.5, 0.6) is 0 Å². The van der Waals surface area contributed by atoms with E-state index < -0.39 is 11.4 Å². The van der Waals surface area contributed by atoms with E-state index in [1.54, 1.807) is 0 Å². The lowest BCUT2D eigenvalue weighted by Crippen LogP contribution is -2.42. The molecule has 166 valence electrons. The normalized spacial score (nSPS) is 13.9. The van der Waals surface area contributed by atoms with Crippen LogP contribution in [-0.4, -0.2) is 24.1 Å². The van der Waals surface area contributed by atoms with Gasteiger partial charge in [-0.1, -0.05) is 48.5 Å². The summed E-state index contributed by atoms with van der Waals surface area (Å²) in [5.41, 5.74) is 6.07. The minimum Gasteiger partial charge on any atom is -0.598 e. The Morgan fingerprint density at radius 1 is 1.00 bits per heavy atom. The molecule has 0 spiro atoms. The molecular formula is C26H30N4OS. The lowest BCUT2D eigenvalue weighted by atomic mass is 9.94. The Bertz CT molecular complexity index is 1230.